The van der Waals surface area contributed by atoms with Gasteiger partial charge in [0.2, 0.25) is 0 Å². The maximum atomic E-state index is 13.2. The van der Waals surface area contributed by atoms with E-state index in [-0.39, 0.29) is 11.9 Å². The molecule has 134 valence electrons. The Labute approximate surface area is 152 Å². The molecule has 0 bridgehead atoms. The van der Waals surface area contributed by atoms with Crippen molar-refractivity contribution in [3.63, 3.8) is 0 Å². The predicted octanol–water partition coefficient (Wildman–Crippen LogP) is 2.70. The highest BCUT2D eigenvalue weighted by atomic mass is 16.2. The summed E-state index contributed by atoms with van der Waals surface area (Å²) in [6.45, 7) is 2.60. The number of para-hydroxylation sites is 1. The van der Waals surface area contributed by atoms with E-state index < -0.39 is 0 Å². The number of carbonyl (C=O) groups is 1. The number of hydrogen-bond donors (Lipinski definition) is 1. The Morgan fingerprint density at radius 2 is 2.08 bits per heavy atom. The number of amides is 1. The van der Waals surface area contributed by atoms with Crippen molar-refractivity contribution < 1.29 is 4.79 Å². The van der Waals surface area contributed by atoms with Crippen LogP contribution in [-0.2, 0) is 0 Å². The Morgan fingerprint density at radius 3 is 2.88 bits per heavy atom. The van der Waals surface area contributed by atoms with Crippen molar-refractivity contribution in [1.29, 1.82) is 0 Å². The summed E-state index contributed by atoms with van der Waals surface area (Å²) in [5, 5.41) is 8.08. The molecule has 1 unspecified atom stereocenters. The Hall–Kier alpha value is -2.96. The predicted molar refractivity (Wildman–Crippen MR) is 100 cm³/mol. The van der Waals surface area contributed by atoms with Gasteiger partial charge in [-0.15, -0.1) is 0 Å². The molecule has 3 aromatic rings. The summed E-state index contributed by atoms with van der Waals surface area (Å²) in [4.78, 5) is 26.1. The molecular formula is C19H22N6O. The first-order chi connectivity index (χ1) is 12.5. The van der Waals surface area contributed by atoms with E-state index in [1.165, 1.54) is 0 Å². The first-order valence-electron chi connectivity index (χ1n) is 8.81. The van der Waals surface area contributed by atoms with Crippen LogP contribution in [0.4, 0.5) is 5.82 Å². The number of rotatable bonds is 3. The van der Waals surface area contributed by atoms with Gasteiger partial charge in [0.25, 0.3) is 5.91 Å². The molecule has 3 heterocycles. The SMILES string of the molecule is Cc1nc(C2CCCN2C(=O)c2n[nH]c3ccccc23)cc(N(C)C)n1. The minimum Gasteiger partial charge on any atom is -0.363 e. The lowest BCUT2D eigenvalue weighted by Crippen LogP contribution is -2.31. The molecule has 0 spiro atoms. The van der Waals surface area contributed by atoms with Crippen LogP contribution < -0.4 is 4.90 Å². The van der Waals surface area contributed by atoms with Crippen LogP contribution in [0.5, 0.6) is 0 Å². The molecule has 26 heavy (non-hydrogen) atoms. The molecule has 1 amide bonds. The van der Waals surface area contributed by atoms with Crippen molar-refractivity contribution in [2.24, 2.45) is 0 Å². The van der Waals surface area contributed by atoms with Crippen molar-refractivity contribution in [1.82, 2.24) is 25.1 Å². The fourth-order valence-electron chi connectivity index (χ4n) is 3.55. The number of H-pyrrole nitrogens is 1. The van der Waals surface area contributed by atoms with Crippen molar-refractivity contribution in [2.75, 3.05) is 25.5 Å². The van der Waals surface area contributed by atoms with E-state index in [2.05, 4.69) is 20.2 Å². The maximum absolute atomic E-state index is 13.2. The minimum absolute atomic E-state index is 0.0432. The number of carbonyl (C=O) groups excluding carboxylic acids is 1. The van der Waals surface area contributed by atoms with Crippen LogP contribution >= 0.6 is 0 Å². The Balaban J connectivity index is 1.70. The van der Waals surface area contributed by atoms with Crippen molar-refractivity contribution in [2.45, 2.75) is 25.8 Å². The molecule has 7 heteroatoms. The van der Waals surface area contributed by atoms with Crippen molar-refractivity contribution in [3.05, 3.63) is 47.5 Å². The monoisotopic (exact) mass is 350 g/mol. The molecule has 1 N–H and O–H groups in total. The maximum Gasteiger partial charge on any atom is 0.275 e. The average Bonchev–Trinajstić information content (AvgIpc) is 3.28. The quantitative estimate of drug-likeness (QED) is 0.786. The number of fused-ring (bicyclic) bond motifs is 1. The topological polar surface area (TPSA) is 78.0 Å². The van der Waals surface area contributed by atoms with E-state index in [1.807, 2.05) is 61.2 Å². The Bertz CT molecular complexity index is 964. The van der Waals surface area contributed by atoms with Gasteiger partial charge in [-0.2, -0.15) is 5.10 Å². The minimum atomic E-state index is -0.0485. The van der Waals surface area contributed by atoms with Gasteiger partial charge in [-0.25, -0.2) is 9.97 Å². The number of hydrogen-bond acceptors (Lipinski definition) is 5. The number of aromatic nitrogens is 4. The summed E-state index contributed by atoms with van der Waals surface area (Å²) in [6, 6.07) is 9.64. The van der Waals surface area contributed by atoms with E-state index in [1.54, 1.807) is 0 Å². The summed E-state index contributed by atoms with van der Waals surface area (Å²) < 4.78 is 0. The third kappa shape index (κ3) is 2.79. The van der Waals surface area contributed by atoms with Crippen LogP contribution in [0.1, 0.15) is 40.9 Å². The second kappa shape index (κ2) is 6.40. The molecule has 1 aromatic carbocycles. The molecule has 2 aromatic heterocycles. The molecule has 0 aliphatic carbocycles. The number of likely N-dealkylation sites (tertiary alicyclic amines) is 1. The largest absolute Gasteiger partial charge is 0.363 e. The van der Waals surface area contributed by atoms with Gasteiger partial charge >= 0.3 is 0 Å². The smallest absolute Gasteiger partial charge is 0.275 e. The molecule has 7 nitrogen and oxygen atoms in total. The van der Waals surface area contributed by atoms with Crippen LogP contribution in [0.25, 0.3) is 10.9 Å². The lowest BCUT2D eigenvalue weighted by molar-refractivity contribution is 0.0728. The zero-order valence-electron chi connectivity index (χ0n) is 15.2. The first-order valence-corrected chi connectivity index (χ1v) is 8.81. The molecule has 1 saturated heterocycles. The number of aryl methyl sites for hydroxylation is 1. The number of benzene rings is 1. The van der Waals surface area contributed by atoms with Gasteiger partial charge in [-0.05, 0) is 25.8 Å². The molecule has 1 aliphatic rings. The standard InChI is InChI=1S/C19H22N6O/c1-12-20-15(11-17(21-12)24(2)3)16-9-6-10-25(16)19(26)18-13-7-4-5-8-14(13)22-23-18/h4-5,7-8,11,16H,6,9-10H2,1-3H3,(H,22,23). The zero-order valence-corrected chi connectivity index (χ0v) is 15.2. The van der Waals surface area contributed by atoms with Gasteiger partial charge < -0.3 is 9.80 Å². The van der Waals surface area contributed by atoms with Crippen LogP contribution in [0.3, 0.4) is 0 Å². The number of anilines is 1. The van der Waals surface area contributed by atoms with E-state index in [9.17, 15) is 4.79 Å². The lowest BCUT2D eigenvalue weighted by atomic mass is 10.1. The fraction of sp³-hybridized carbons (Fsp3) is 0.368. The Morgan fingerprint density at radius 1 is 1.27 bits per heavy atom. The Kier molecular flexibility index (Phi) is 4.06. The number of nitrogens with zero attached hydrogens (tertiary/aromatic N) is 5. The highest BCUT2D eigenvalue weighted by Crippen LogP contribution is 2.33. The molecule has 1 fully saturated rings. The van der Waals surface area contributed by atoms with E-state index in [4.69, 9.17) is 0 Å². The van der Waals surface area contributed by atoms with E-state index in [0.717, 1.165) is 41.1 Å². The van der Waals surface area contributed by atoms with E-state index >= 15 is 0 Å². The second-order valence-electron chi connectivity index (χ2n) is 6.87. The van der Waals surface area contributed by atoms with Gasteiger partial charge in [-0.3, -0.25) is 9.89 Å². The van der Waals surface area contributed by atoms with Crippen LogP contribution in [0, 0.1) is 6.92 Å². The van der Waals surface area contributed by atoms with Gasteiger partial charge in [0.1, 0.15) is 11.6 Å². The molecule has 1 aliphatic heterocycles. The van der Waals surface area contributed by atoms with Gasteiger partial charge in [-0.1, -0.05) is 18.2 Å². The van der Waals surface area contributed by atoms with Gasteiger partial charge in [0, 0.05) is 32.1 Å². The first kappa shape index (κ1) is 16.5. The number of aromatic amines is 1. The average molecular weight is 350 g/mol. The molecule has 0 radical (unpaired) electrons. The zero-order chi connectivity index (χ0) is 18.3. The third-order valence-electron chi connectivity index (χ3n) is 4.83. The van der Waals surface area contributed by atoms with Crippen molar-refractivity contribution in [3.8, 4) is 0 Å². The van der Waals surface area contributed by atoms with E-state index in [0.29, 0.717) is 12.2 Å². The fourth-order valence-corrected chi connectivity index (χ4v) is 3.55. The summed E-state index contributed by atoms with van der Waals surface area (Å²) in [5.41, 5.74) is 2.25. The highest BCUT2D eigenvalue weighted by Gasteiger charge is 2.33. The summed E-state index contributed by atoms with van der Waals surface area (Å²) in [5.74, 6) is 1.53. The van der Waals surface area contributed by atoms with Crippen molar-refractivity contribution >= 4 is 22.6 Å². The number of nitrogens with one attached hydrogen (secondary N) is 1. The van der Waals surface area contributed by atoms with Crippen LogP contribution in [-0.4, -0.2) is 51.6 Å². The van der Waals surface area contributed by atoms with Crippen LogP contribution in [0.15, 0.2) is 30.3 Å². The molecular weight excluding hydrogens is 328 g/mol. The normalized spacial score (nSPS) is 17.0. The van der Waals surface area contributed by atoms with Gasteiger partial charge in [0.05, 0.1) is 17.3 Å². The van der Waals surface area contributed by atoms with Gasteiger partial charge in [0.15, 0.2) is 5.69 Å². The lowest BCUT2D eigenvalue weighted by Gasteiger charge is -2.25. The summed E-state index contributed by atoms with van der Waals surface area (Å²) in [6.07, 6.45) is 1.86. The van der Waals surface area contributed by atoms with Crippen LogP contribution in [0.2, 0.25) is 0 Å². The highest BCUT2D eigenvalue weighted by molar-refractivity contribution is 6.04. The molecule has 0 saturated carbocycles. The summed E-state index contributed by atoms with van der Waals surface area (Å²) >= 11 is 0. The molecule has 4 rings (SSSR count). The molecule has 1 atom stereocenters. The second-order valence-corrected chi connectivity index (χ2v) is 6.87. The summed E-state index contributed by atoms with van der Waals surface area (Å²) in [7, 11) is 3.91. The third-order valence-corrected chi connectivity index (χ3v) is 4.83.